The highest BCUT2D eigenvalue weighted by molar-refractivity contribution is 7.90. The zero-order valence-electron chi connectivity index (χ0n) is 11.9. The smallest absolute Gasteiger partial charge is 0.175 e. The summed E-state index contributed by atoms with van der Waals surface area (Å²) in [6, 6.07) is 4.79. The summed E-state index contributed by atoms with van der Waals surface area (Å²) in [6.45, 7) is 3.06. The molecule has 0 amide bonds. The second-order valence-corrected chi connectivity index (χ2v) is 7.96. The minimum atomic E-state index is -3.20. The molecule has 0 unspecified atom stereocenters. The summed E-state index contributed by atoms with van der Waals surface area (Å²) in [4.78, 5) is 2.63. The Balaban J connectivity index is 2.02. The average molecular weight is 317 g/mol. The van der Waals surface area contributed by atoms with Gasteiger partial charge < -0.3 is 10.2 Å². The Bertz CT molecular complexity index is 567. The molecule has 0 bridgehead atoms. The van der Waals surface area contributed by atoms with Gasteiger partial charge in [-0.2, -0.15) is 0 Å². The fraction of sp³-hybridized carbons (Fsp3) is 0.571. The van der Waals surface area contributed by atoms with Crippen LogP contribution in [-0.4, -0.2) is 46.3 Å². The summed E-state index contributed by atoms with van der Waals surface area (Å²) in [5, 5.41) is 3.86. The molecule has 0 saturated carbocycles. The largest absolute Gasteiger partial charge is 0.384 e. The van der Waals surface area contributed by atoms with Gasteiger partial charge in [-0.3, -0.25) is 0 Å². The topological polar surface area (TPSA) is 49.4 Å². The number of hydrogen-bond donors (Lipinski definition) is 1. The van der Waals surface area contributed by atoms with Crippen LogP contribution in [0.1, 0.15) is 12.8 Å². The molecule has 1 N–H and O–H groups in total. The molecule has 1 aliphatic rings. The number of nitrogens with zero attached hydrogens (tertiary/aromatic N) is 1. The van der Waals surface area contributed by atoms with Crippen LogP contribution in [-0.2, 0) is 9.84 Å². The van der Waals surface area contributed by atoms with E-state index in [1.165, 1.54) is 6.26 Å². The van der Waals surface area contributed by atoms with Gasteiger partial charge in [-0.25, -0.2) is 8.42 Å². The minimum absolute atomic E-state index is 0.299. The third-order valence-electron chi connectivity index (χ3n) is 3.79. The van der Waals surface area contributed by atoms with E-state index >= 15 is 0 Å². The number of piperidine rings is 1. The third-order valence-corrected chi connectivity index (χ3v) is 5.23. The number of nitrogens with one attached hydrogen (secondary N) is 1. The van der Waals surface area contributed by atoms with E-state index in [-0.39, 0.29) is 0 Å². The minimum Gasteiger partial charge on any atom is -0.384 e. The fourth-order valence-corrected chi connectivity index (χ4v) is 3.22. The van der Waals surface area contributed by atoms with Crippen LogP contribution < -0.4 is 5.32 Å². The Kier molecular flexibility index (Phi) is 4.94. The Morgan fingerprint density at radius 2 is 2.00 bits per heavy atom. The van der Waals surface area contributed by atoms with Crippen LogP contribution in [0.25, 0.3) is 0 Å². The summed E-state index contributed by atoms with van der Waals surface area (Å²) < 4.78 is 23.1. The van der Waals surface area contributed by atoms with Crippen molar-refractivity contribution in [2.75, 3.05) is 38.3 Å². The molecule has 1 heterocycles. The van der Waals surface area contributed by atoms with E-state index in [2.05, 4.69) is 17.3 Å². The lowest BCUT2D eigenvalue weighted by molar-refractivity contribution is 0.226. The van der Waals surface area contributed by atoms with Crippen molar-refractivity contribution in [1.82, 2.24) is 4.90 Å². The van der Waals surface area contributed by atoms with Gasteiger partial charge in [0.05, 0.1) is 15.6 Å². The van der Waals surface area contributed by atoms with Gasteiger partial charge in [0.1, 0.15) is 0 Å². The van der Waals surface area contributed by atoms with Crippen LogP contribution in [0.15, 0.2) is 23.1 Å². The van der Waals surface area contributed by atoms with Gasteiger partial charge in [-0.1, -0.05) is 11.6 Å². The monoisotopic (exact) mass is 316 g/mol. The Labute approximate surface area is 126 Å². The van der Waals surface area contributed by atoms with Gasteiger partial charge in [0.15, 0.2) is 9.84 Å². The highest BCUT2D eigenvalue weighted by atomic mass is 35.5. The predicted molar refractivity (Wildman–Crippen MR) is 83.3 cm³/mol. The Morgan fingerprint density at radius 3 is 2.60 bits per heavy atom. The van der Waals surface area contributed by atoms with Crippen molar-refractivity contribution in [3.05, 3.63) is 23.2 Å². The molecule has 1 saturated heterocycles. The number of rotatable bonds is 4. The van der Waals surface area contributed by atoms with Crippen LogP contribution in [0, 0.1) is 5.92 Å². The first-order chi connectivity index (χ1) is 9.36. The molecule has 1 aromatic rings. The van der Waals surface area contributed by atoms with Gasteiger partial charge in [0.25, 0.3) is 0 Å². The van der Waals surface area contributed by atoms with Gasteiger partial charge in [0, 0.05) is 12.8 Å². The van der Waals surface area contributed by atoms with Crippen LogP contribution in [0.3, 0.4) is 0 Å². The summed E-state index contributed by atoms with van der Waals surface area (Å²) in [6.07, 6.45) is 3.52. The van der Waals surface area contributed by atoms with Crippen molar-refractivity contribution in [2.45, 2.75) is 17.7 Å². The van der Waals surface area contributed by atoms with Crippen molar-refractivity contribution in [1.29, 1.82) is 0 Å². The predicted octanol–water partition coefficient (Wildman–Crippen LogP) is 2.50. The van der Waals surface area contributed by atoms with E-state index < -0.39 is 9.84 Å². The molecule has 0 spiro atoms. The molecule has 4 nitrogen and oxygen atoms in total. The molecular formula is C14H21ClN2O2S. The standard InChI is InChI=1S/C14H21ClN2O2S/c1-17-7-5-11(6-8-17)10-16-14-9-12(20(2,18)19)3-4-13(14)15/h3-4,9,11,16H,5-8,10H2,1-2H3. The highest BCUT2D eigenvalue weighted by Gasteiger charge is 2.17. The van der Waals surface area contributed by atoms with E-state index in [1.807, 2.05) is 0 Å². The second-order valence-electron chi connectivity index (χ2n) is 5.54. The number of benzene rings is 1. The lowest BCUT2D eigenvalue weighted by Gasteiger charge is -2.29. The van der Waals surface area contributed by atoms with E-state index in [4.69, 9.17) is 11.6 Å². The SMILES string of the molecule is CN1CCC(CNc2cc(S(C)(=O)=O)ccc2Cl)CC1. The van der Waals surface area contributed by atoms with E-state index in [0.29, 0.717) is 21.5 Å². The average Bonchev–Trinajstić information content (AvgIpc) is 2.38. The quantitative estimate of drug-likeness (QED) is 0.927. The molecule has 6 heteroatoms. The Hall–Kier alpha value is -0.780. The maximum absolute atomic E-state index is 11.6. The summed E-state index contributed by atoms with van der Waals surface area (Å²) in [5.74, 6) is 0.615. The molecule has 2 rings (SSSR count). The fourth-order valence-electron chi connectivity index (χ4n) is 2.39. The van der Waals surface area contributed by atoms with E-state index in [0.717, 1.165) is 32.5 Å². The van der Waals surface area contributed by atoms with Crippen molar-refractivity contribution in [3.63, 3.8) is 0 Å². The Morgan fingerprint density at radius 1 is 1.35 bits per heavy atom. The summed E-state index contributed by atoms with van der Waals surface area (Å²) >= 11 is 6.12. The summed E-state index contributed by atoms with van der Waals surface area (Å²) in [5.41, 5.74) is 0.702. The lowest BCUT2D eigenvalue weighted by Crippen LogP contribution is -2.33. The number of sulfone groups is 1. The maximum Gasteiger partial charge on any atom is 0.175 e. The number of hydrogen-bond acceptors (Lipinski definition) is 4. The normalized spacial score (nSPS) is 18.1. The van der Waals surface area contributed by atoms with Gasteiger partial charge in [0.2, 0.25) is 0 Å². The summed E-state index contributed by atoms with van der Waals surface area (Å²) in [7, 11) is -1.06. The molecule has 1 aliphatic heterocycles. The van der Waals surface area contributed by atoms with Crippen molar-refractivity contribution < 1.29 is 8.42 Å². The number of anilines is 1. The molecule has 112 valence electrons. The van der Waals surface area contributed by atoms with E-state index in [1.54, 1.807) is 18.2 Å². The van der Waals surface area contributed by atoms with Crippen molar-refractivity contribution in [3.8, 4) is 0 Å². The molecule has 0 atom stereocenters. The first kappa shape index (κ1) is 15.6. The second kappa shape index (κ2) is 6.33. The van der Waals surface area contributed by atoms with Gasteiger partial charge >= 0.3 is 0 Å². The zero-order valence-corrected chi connectivity index (χ0v) is 13.5. The molecule has 0 aliphatic carbocycles. The maximum atomic E-state index is 11.6. The number of likely N-dealkylation sites (tertiary alicyclic amines) is 1. The molecule has 1 fully saturated rings. The van der Waals surface area contributed by atoms with Gasteiger partial charge in [-0.15, -0.1) is 0 Å². The zero-order chi connectivity index (χ0) is 14.8. The lowest BCUT2D eigenvalue weighted by atomic mass is 9.97. The number of halogens is 1. The van der Waals surface area contributed by atoms with Crippen LogP contribution >= 0.6 is 11.6 Å². The van der Waals surface area contributed by atoms with Crippen LogP contribution in [0.2, 0.25) is 5.02 Å². The van der Waals surface area contributed by atoms with Crippen molar-refractivity contribution >= 4 is 27.1 Å². The van der Waals surface area contributed by atoms with E-state index in [9.17, 15) is 8.42 Å². The van der Waals surface area contributed by atoms with Crippen LogP contribution in [0.4, 0.5) is 5.69 Å². The third kappa shape index (κ3) is 4.11. The van der Waals surface area contributed by atoms with Crippen LogP contribution in [0.5, 0.6) is 0 Å². The van der Waals surface area contributed by atoms with Crippen molar-refractivity contribution in [2.24, 2.45) is 5.92 Å². The highest BCUT2D eigenvalue weighted by Crippen LogP contribution is 2.26. The molecule has 1 aromatic carbocycles. The first-order valence-corrected chi connectivity index (χ1v) is 9.05. The molecular weight excluding hydrogens is 296 g/mol. The molecule has 20 heavy (non-hydrogen) atoms. The molecule has 0 radical (unpaired) electrons. The van der Waals surface area contributed by atoms with Gasteiger partial charge in [-0.05, 0) is 57.1 Å². The first-order valence-electron chi connectivity index (χ1n) is 6.78. The molecule has 0 aromatic heterocycles.